The zero-order valence-corrected chi connectivity index (χ0v) is 20.9. The fourth-order valence-electron chi connectivity index (χ4n) is 8.73. The average molecular weight is 443 g/mol. The number of hydrogen-bond donors (Lipinski definition) is 2. The number of ether oxygens (including phenoxy) is 1. The van der Waals surface area contributed by atoms with E-state index in [0.717, 1.165) is 49.2 Å². The van der Waals surface area contributed by atoms with E-state index in [1.165, 1.54) is 57.8 Å². The van der Waals surface area contributed by atoms with Crippen molar-refractivity contribution in [2.24, 2.45) is 35.0 Å². The van der Waals surface area contributed by atoms with Crippen molar-refractivity contribution in [3.63, 3.8) is 0 Å². The van der Waals surface area contributed by atoms with Crippen molar-refractivity contribution in [1.82, 2.24) is 10.6 Å². The van der Waals surface area contributed by atoms with E-state index in [0.29, 0.717) is 23.6 Å². The molecule has 1 amide bonds. The molecule has 4 nitrogen and oxygen atoms in total. The van der Waals surface area contributed by atoms with Crippen LogP contribution < -0.4 is 10.6 Å². The second-order valence-corrected chi connectivity index (χ2v) is 12.5. The molecule has 0 radical (unpaired) electrons. The molecule has 0 spiro atoms. The number of fused-ring (bicyclic) bond motifs is 6. The Bertz CT molecular complexity index is 748. The van der Waals surface area contributed by atoms with Gasteiger partial charge in [0.2, 0.25) is 5.91 Å². The van der Waals surface area contributed by atoms with E-state index < -0.39 is 0 Å². The van der Waals surface area contributed by atoms with Crippen molar-refractivity contribution in [2.75, 3.05) is 13.2 Å². The Morgan fingerprint density at radius 2 is 2.00 bits per heavy atom. The van der Waals surface area contributed by atoms with Gasteiger partial charge in [0.1, 0.15) is 0 Å². The number of allylic oxidation sites excluding steroid dienone is 1. The van der Waals surface area contributed by atoms with Crippen LogP contribution in [0.5, 0.6) is 0 Å². The van der Waals surface area contributed by atoms with Gasteiger partial charge in [0, 0.05) is 19.0 Å². The third kappa shape index (κ3) is 4.19. The normalized spacial score (nSPS) is 49.2. The molecule has 4 fully saturated rings. The number of hydrogen-bond acceptors (Lipinski definition) is 3. The Hall–Kier alpha value is -0.870. The summed E-state index contributed by atoms with van der Waals surface area (Å²) in [5, 5.41) is 7.04. The molecule has 0 aromatic rings. The van der Waals surface area contributed by atoms with Crippen LogP contribution >= 0.6 is 0 Å². The summed E-state index contributed by atoms with van der Waals surface area (Å²) in [5.74, 6) is 4.12. The molecular formula is C28H46N2O2. The van der Waals surface area contributed by atoms with Gasteiger partial charge in [-0.2, -0.15) is 0 Å². The van der Waals surface area contributed by atoms with Gasteiger partial charge in [0.05, 0.1) is 12.7 Å². The molecule has 0 aromatic carbocycles. The van der Waals surface area contributed by atoms with Gasteiger partial charge < -0.3 is 15.4 Å². The van der Waals surface area contributed by atoms with Crippen LogP contribution in [0.1, 0.15) is 91.9 Å². The molecule has 3 saturated carbocycles. The Balaban J connectivity index is 1.34. The zero-order chi connectivity index (χ0) is 22.5. The van der Waals surface area contributed by atoms with Crippen LogP contribution in [0.25, 0.3) is 0 Å². The van der Waals surface area contributed by atoms with Crippen LogP contribution in [-0.2, 0) is 9.53 Å². The second-order valence-electron chi connectivity index (χ2n) is 12.5. The SMILES string of the molecule is CC(=O)N[C@@H]1CC[C@@]2(C)[C@H](CC[C@H]3[C@@H]4CCC[C@@H]5NC[C@@H](C)C[C@H]5OC/C(C)=C\4C[C@@H]32)C1. The monoisotopic (exact) mass is 442 g/mol. The topological polar surface area (TPSA) is 50.4 Å². The molecule has 2 aliphatic heterocycles. The minimum absolute atomic E-state index is 0.143. The quantitative estimate of drug-likeness (QED) is 0.547. The van der Waals surface area contributed by atoms with E-state index in [9.17, 15) is 4.79 Å². The van der Waals surface area contributed by atoms with Crippen LogP contribution in [0.3, 0.4) is 0 Å². The first kappa shape index (κ1) is 22.9. The van der Waals surface area contributed by atoms with Gasteiger partial charge in [0.25, 0.3) is 0 Å². The average Bonchev–Trinajstić information content (AvgIpc) is 3.13. The molecule has 1 saturated heterocycles. The predicted octanol–water partition coefficient (Wildman–Crippen LogP) is 5.23. The molecule has 180 valence electrons. The van der Waals surface area contributed by atoms with Gasteiger partial charge in [-0.3, -0.25) is 4.79 Å². The predicted molar refractivity (Wildman–Crippen MR) is 129 cm³/mol. The number of piperidine rings is 1. The van der Waals surface area contributed by atoms with Crippen LogP contribution in [0, 0.1) is 35.0 Å². The summed E-state index contributed by atoms with van der Waals surface area (Å²) >= 11 is 0. The highest BCUT2D eigenvalue weighted by Crippen LogP contribution is 2.63. The van der Waals surface area contributed by atoms with Crippen molar-refractivity contribution >= 4 is 5.91 Å². The molecule has 2 N–H and O–H groups in total. The molecule has 0 aromatic heterocycles. The highest BCUT2D eigenvalue weighted by molar-refractivity contribution is 5.73. The molecular weight excluding hydrogens is 396 g/mol. The maximum atomic E-state index is 11.6. The largest absolute Gasteiger partial charge is 0.372 e. The third-order valence-corrected chi connectivity index (χ3v) is 10.5. The Morgan fingerprint density at radius 1 is 1.16 bits per heavy atom. The van der Waals surface area contributed by atoms with Gasteiger partial charge in [-0.15, -0.1) is 0 Å². The summed E-state index contributed by atoms with van der Waals surface area (Å²) < 4.78 is 6.59. The first-order valence-electron chi connectivity index (χ1n) is 13.7. The molecule has 32 heavy (non-hydrogen) atoms. The highest BCUT2D eigenvalue weighted by atomic mass is 16.5. The van der Waals surface area contributed by atoms with Crippen molar-refractivity contribution < 1.29 is 9.53 Å². The van der Waals surface area contributed by atoms with E-state index in [1.54, 1.807) is 18.1 Å². The maximum Gasteiger partial charge on any atom is 0.217 e. The summed E-state index contributed by atoms with van der Waals surface area (Å²) in [6, 6.07) is 0.951. The fraction of sp³-hybridized carbons (Fsp3) is 0.893. The van der Waals surface area contributed by atoms with Gasteiger partial charge in [0.15, 0.2) is 0 Å². The molecule has 0 bridgehead atoms. The first-order valence-corrected chi connectivity index (χ1v) is 13.7. The number of rotatable bonds is 1. The smallest absolute Gasteiger partial charge is 0.217 e. The highest BCUT2D eigenvalue weighted by Gasteiger charge is 2.55. The molecule has 5 aliphatic rings. The Morgan fingerprint density at radius 3 is 2.81 bits per heavy atom. The lowest BCUT2D eigenvalue weighted by Gasteiger charge is -2.54. The maximum absolute atomic E-state index is 11.6. The van der Waals surface area contributed by atoms with Crippen molar-refractivity contribution in [3.05, 3.63) is 11.1 Å². The van der Waals surface area contributed by atoms with Crippen LogP contribution in [0.2, 0.25) is 0 Å². The van der Waals surface area contributed by atoms with Crippen LogP contribution in [0.4, 0.5) is 0 Å². The lowest BCUT2D eigenvalue weighted by Crippen LogP contribution is -2.50. The first-order chi connectivity index (χ1) is 15.3. The molecule has 4 heteroatoms. The van der Waals surface area contributed by atoms with E-state index in [1.807, 2.05) is 0 Å². The third-order valence-electron chi connectivity index (χ3n) is 10.5. The van der Waals surface area contributed by atoms with E-state index in [-0.39, 0.29) is 5.91 Å². The van der Waals surface area contributed by atoms with Gasteiger partial charge >= 0.3 is 0 Å². The molecule has 0 unspecified atom stereocenters. The summed E-state index contributed by atoms with van der Waals surface area (Å²) in [6.45, 7) is 11.0. The standard InChI is InChI=1S/C28H46N2O2/c1-17-12-27-26(29-15-17)7-5-6-22-23-9-8-20-13-21(30-19(3)31)10-11-28(20,4)25(23)14-24(22)18(2)16-32-27/h17,20-23,25-27,29H,5-16H2,1-4H3,(H,30,31)/b24-18-/t17-,20+,21+,22-,23-,25-,26-,27+,28-/m0/s1. The number of nitrogens with one attached hydrogen (secondary N) is 2. The second kappa shape index (κ2) is 9.06. The Labute approximate surface area is 195 Å². The van der Waals surface area contributed by atoms with E-state index >= 15 is 0 Å². The summed E-state index contributed by atoms with van der Waals surface area (Å²) in [7, 11) is 0. The van der Waals surface area contributed by atoms with Crippen molar-refractivity contribution in [2.45, 2.75) is 110 Å². The number of carbonyl (C=O) groups excluding carboxylic acids is 1. The minimum Gasteiger partial charge on any atom is -0.372 e. The molecule has 2 heterocycles. The van der Waals surface area contributed by atoms with Crippen molar-refractivity contribution in [1.29, 1.82) is 0 Å². The molecule has 9 atom stereocenters. The van der Waals surface area contributed by atoms with E-state index in [4.69, 9.17) is 4.74 Å². The van der Waals surface area contributed by atoms with Gasteiger partial charge in [-0.25, -0.2) is 0 Å². The van der Waals surface area contributed by atoms with Crippen LogP contribution in [-0.4, -0.2) is 37.2 Å². The summed E-state index contributed by atoms with van der Waals surface area (Å²) in [4.78, 5) is 11.6. The van der Waals surface area contributed by atoms with Gasteiger partial charge in [-0.1, -0.05) is 25.8 Å². The lowest BCUT2D eigenvalue weighted by molar-refractivity contribution is -0.121. The number of carbonyl (C=O) groups is 1. The van der Waals surface area contributed by atoms with E-state index in [2.05, 4.69) is 31.4 Å². The molecule has 3 aliphatic carbocycles. The van der Waals surface area contributed by atoms with Gasteiger partial charge in [-0.05, 0) is 112 Å². The Kier molecular flexibility index (Phi) is 6.48. The minimum atomic E-state index is 0.143. The van der Waals surface area contributed by atoms with Crippen LogP contribution in [0.15, 0.2) is 11.1 Å². The van der Waals surface area contributed by atoms with Crippen molar-refractivity contribution in [3.8, 4) is 0 Å². The zero-order valence-electron chi connectivity index (χ0n) is 20.9. The number of amides is 1. The fourth-order valence-corrected chi connectivity index (χ4v) is 8.73. The lowest BCUT2D eigenvalue weighted by atomic mass is 9.52. The molecule has 5 rings (SSSR count). The summed E-state index contributed by atoms with van der Waals surface area (Å²) in [6.07, 6.45) is 13.3. The summed E-state index contributed by atoms with van der Waals surface area (Å²) in [5.41, 5.74) is 3.78.